The molecule has 3 rings (SSSR count). The average molecular weight is 319 g/mol. The lowest BCUT2D eigenvalue weighted by atomic mass is 10.2. The third-order valence-electron chi connectivity index (χ3n) is 3.23. The summed E-state index contributed by atoms with van der Waals surface area (Å²) in [5, 5.41) is 3.97. The Morgan fingerprint density at radius 3 is 2.95 bits per heavy atom. The quantitative estimate of drug-likeness (QED) is 0.624. The van der Waals surface area contributed by atoms with Gasteiger partial charge in [-0.2, -0.15) is 0 Å². The van der Waals surface area contributed by atoms with E-state index in [0.717, 1.165) is 33.8 Å². The van der Waals surface area contributed by atoms with Crippen molar-refractivity contribution in [3.63, 3.8) is 0 Å². The van der Waals surface area contributed by atoms with Gasteiger partial charge in [0, 0.05) is 17.0 Å². The Morgan fingerprint density at radius 2 is 2.19 bits per heavy atom. The Balaban J connectivity index is 1.92. The van der Waals surface area contributed by atoms with Gasteiger partial charge in [-0.05, 0) is 30.7 Å². The Hall–Kier alpha value is -1.65. The molecule has 5 heteroatoms. The summed E-state index contributed by atoms with van der Waals surface area (Å²) in [5.74, 6) is 1.28. The summed E-state index contributed by atoms with van der Waals surface area (Å²) in [7, 11) is 0. The van der Waals surface area contributed by atoms with Crippen molar-refractivity contribution in [3.05, 3.63) is 52.6 Å². The zero-order valence-corrected chi connectivity index (χ0v) is 13.2. The van der Waals surface area contributed by atoms with Crippen LogP contribution in [0.15, 0.2) is 41.9 Å². The molecule has 2 aromatic heterocycles. The van der Waals surface area contributed by atoms with E-state index < -0.39 is 0 Å². The number of halogens is 1. The maximum atomic E-state index is 6.19. The molecular formula is C16H15ClN2OS. The van der Waals surface area contributed by atoms with Crippen LogP contribution in [0.5, 0.6) is 5.75 Å². The molecule has 3 aromatic rings. The molecule has 3 nitrogen and oxygen atoms in total. The molecule has 0 fully saturated rings. The molecule has 0 spiro atoms. The van der Waals surface area contributed by atoms with Crippen molar-refractivity contribution in [3.8, 4) is 5.75 Å². The van der Waals surface area contributed by atoms with Crippen LogP contribution in [-0.2, 0) is 5.88 Å². The molecule has 0 aliphatic heterocycles. The van der Waals surface area contributed by atoms with Gasteiger partial charge in [-0.1, -0.05) is 13.0 Å². The summed E-state index contributed by atoms with van der Waals surface area (Å²) < 4.78 is 6.19. The number of ether oxygens (including phenoxy) is 1. The molecule has 0 N–H and O–H groups in total. The zero-order chi connectivity index (χ0) is 14.7. The fourth-order valence-electron chi connectivity index (χ4n) is 2.17. The third kappa shape index (κ3) is 3.01. The van der Waals surface area contributed by atoms with Gasteiger partial charge in [0.1, 0.15) is 16.9 Å². The summed E-state index contributed by atoms with van der Waals surface area (Å²) in [5.41, 5.74) is 1.84. The number of rotatable bonds is 5. The van der Waals surface area contributed by atoms with Crippen molar-refractivity contribution in [2.24, 2.45) is 0 Å². The van der Waals surface area contributed by atoms with Crippen LogP contribution < -0.4 is 4.74 Å². The van der Waals surface area contributed by atoms with Crippen molar-refractivity contribution < 1.29 is 4.74 Å². The Morgan fingerprint density at radius 1 is 1.29 bits per heavy atom. The van der Waals surface area contributed by atoms with Crippen LogP contribution in [0.2, 0.25) is 0 Å². The smallest absolute Gasteiger partial charge is 0.150 e. The number of hydrogen-bond donors (Lipinski definition) is 0. The first-order chi connectivity index (χ1) is 10.3. The lowest BCUT2D eigenvalue weighted by molar-refractivity contribution is 0.203. The zero-order valence-electron chi connectivity index (χ0n) is 11.6. The van der Waals surface area contributed by atoms with Gasteiger partial charge < -0.3 is 4.74 Å². The summed E-state index contributed by atoms with van der Waals surface area (Å²) in [6.07, 6.45) is 2.58. The molecule has 2 heterocycles. The normalized spacial score (nSPS) is 12.5. The van der Waals surface area contributed by atoms with Gasteiger partial charge in [0.2, 0.25) is 0 Å². The second-order valence-electron chi connectivity index (χ2n) is 4.65. The molecule has 0 radical (unpaired) electrons. The second kappa shape index (κ2) is 6.41. The predicted molar refractivity (Wildman–Crippen MR) is 87.1 cm³/mol. The number of fused-ring (bicyclic) bond motifs is 1. The summed E-state index contributed by atoms with van der Waals surface area (Å²) in [6.45, 7) is 2.09. The van der Waals surface area contributed by atoms with Gasteiger partial charge in [0.05, 0.1) is 17.1 Å². The Bertz CT molecular complexity index is 738. The van der Waals surface area contributed by atoms with Crippen LogP contribution in [0.3, 0.4) is 0 Å². The molecule has 0 saturated heterocycles. The van der Waals surface area contributed by atoms with E-state index in [4.69, 9.17) is 16.3 Å². The van der Waals surface area contributed by atoms with Crippen LogP contribution >= 0.6 is 22.9 Å². The van der Waals surface area contributed by atoms with E-state index in [2.05, 4.69) is 16.9 Å². The van der Waals surface area contributed by atoms with Gasteiger partial charge in [0.25, 0.3) is 0 Å². The Labute approximate surface area is 132 Å². The molecular weight excluding hydrogens is 304 g/mol. The molecule has 1 atom stereocenters. The maximum Gasteiger partial charge on any atom is 0.150 e. The topological polar surface area (TPSA) is 35.0 Å². The summed E-state index contributed by atoms with van der Waals surface area (Å²) >= 11 is 7.42. The first-order valence-electron chi connectivity index (χ1n) is 6.82. The lowest BCUT2D eigenvalue weighted by Gasteiger charge is -2.16. The van der Waals surface area contributed by atoms with Crippen molar-refractivity contribution >= 4 is 33.8 Å². The largest absolute Gasteiger partial charge is 0.483 e. The summed E-state index contributed by atoms with van der Waals surface area (Å²) in [4.78, 5) is 8.88. The number of nitrogens with zero attached hydrogens (tertiary/aromatic N) is 2. The van der Waals surface area contributed by atoms with Crippen molar-refractivity contribution in [2.45, 2.75) is 25.3 Å². The molecule has 108 valence electrons. The van der Waals surface area contributed by atoms with E-state index in [1.807, 2.05) is 35.7 Å². The monoisotopic (exact) mass is 318 g/mol. The van der Waals surface area contributed by atoms with E-state index in [-0.39, 0.29) is 6.10 Å². The molecule has 0 aliphatic carbocycles. The minimum atomic E-state index is -0.0576. The van der Waals surface area contributed by atoms with Crippen LogP contribution in [0, 0.1) is 0 Å². The van der Waals surface area contributed by atoms with E-state index in [9.17, 15) is 0 Å². The summed E-state index contributed by atoms with van der Waals surface area (Å²) in [6, 6.07) is 9.87. The number of aromatic nitrogens is 2. The fraction of sp³-hybridized carbons (Fsp3) is 0.250. The SMILES string of the molecule is CCC(Oc1cccc2ncccc12)c1nc(CCl)cs1. The third-order valence-corrected chi connectivity index (χ3v) is 4.49. The van der Waals surface area contributed by atoms with Crippen molar-refractivity contribution in [2.75, 3.05) is 0 Å². The maximum absolute atomic E-state index is 6.19. The highest BCUT2D eigenvalue weighted by Crippen LogP contribution is 2.31. The van der Waals surface area contributed by atoms with Gasteiger partial charge in [-0.25, -0.2) is 4.98 Å². The molecule has 0 aliphatic rings. The van der Waals surface area contributed by atoms with Crippen molar-refractivity contribution in [1.29, 1.82) is 0 Å². The van der Waals surface area contributed by atoms with Gasteiger partial charge >= 0.3 is 0 Å². The highest BCUT2D eigenvalue weighted by molar-refractivity contribution is 7.09. The molecule has 0 amide bonds. The second-order valence-corrected chi connectivity index (χ2v) is 5.81. The molecule has 21 heavy (non-hydrogen) atoms. The molecule has 1 aromatic carbocycles. The lowest BCUT2D eigenvalue weighted by Crippen LogP contribution is -2.06. The number of pyridine rings is 1. The van der Waals surface area contributed by atoms with Crippen LogP contribution in [0.1, 0.15) is 30.2 Å². The van der Waals surface area contributed by atoms with E-state index >= 15 is 0 Å². The highest BCUT2D eigenvalue weighted by atomic mass is 35.5. The van der Waals surface area contributed by atoms with Crippen molar-refractivity contribution in [1.82, 2.24) is 9.97 Å². The van der Waals surface area contributed by atoms with Crippen LogP contribution in [0.25, 0.3) is 10.9 Å². The minimum absolute atomic E-state index is 0.0576. The predicted octanol–water partition coefficient (Wildman–Crippen LogP) is 4.96. The minimum Gasteiger partial charge on any atom is -0.483 e. The molecule has 1 unspecified atom stereocenters. The van der Waals surface area contributed by atoms with E-state index in [0.29, 0.717) is 5.88 Å². The number of thiazole rings is 1. The van der Waals surface area contributed by atoms with E-state index in [1.54, 1.807) is 17.5 Å². The highest BCUT2D eigenvalue weighted by Gasteiger charge is 2.16. The van der Waals surface area contributed by atoms with Gasteiger partial charge in [-0.3, -0.25) is 4.98 Å². The number of hydrogen-bond acceptors (Lipinski definition) is 4. The standard InChI is InChI=1S/C16H15ClN2OS/c1-2-14(16-19-11(9-17)10-21-16)20-15-7-3-6-13-12(15)5-4-8-18-13/h3-8,10,14H,2,9H2,1H3. The average Bonchev–Trinajstić information content (AvgIpc) is 3.01. The number of benzene rings is 1. The fourth-order valence-corrected chi connectivity index (χ4v) is 3.33. The molecule has 0 saturated carbocycles. The number of alkyl halides is 1. The van der Waals surface area contributed by atoms with Gasteiger partial charge in [0.15, 0.2) is 0 Å². The first kappa shape index (κ1) is 14.3. The van der Waals surface area contributed by atoms with Crippen LogP contribution in [-0.4, -0.2) is 9.97 Å². The van der Waals surface area contributed by atoms with Gasteiger partial charge in [-0.15, -0.1) is 22.9 Å². The molecule has 0 bridgehead atoms. The Kier molecular flexibility index (Phi) is 4.36. The van der Waals surface area contributed by atoms with E-state index in [1.165, 1.54) is 0 Å². The van der Waals surface area contributed by atoms with Crippen LogP contribution in [0.4, 0.5) is 0 Å². The first-order valence-corrected chi connectivity index (χ1v) is 8.24.